The van der Waals surface area contributed by atoms with E-state index in [-0.39, 0.29) is 22.8 Å². The van der Waals surface area contributed by atoms with Crippen LogP contribution in [0.1, 0.15) is 31.7 Å². The van der Waals surface area contributed by atoms with Gasteiger partial charge in [-0.1, -0.05) is 50.6 Å². The van der Waals surface area contributed by atoms with Gasteiger partial charge in [0.05, 0.1) is 17.5 Å². The number of nitrogens with zero attached hydrogens (tertiary/aromatic N) is 1. The molecule has 1 aliphatic heterocycles. The van der Waals surface area contributed by atoms with E-state index in [1.807, 2.05) is 13.8 Å². The number of carbonyl (C=O) groups is 1. The molecule has 1 saturated heterocycles. The molecule has 0 N–H and O–H groups in total. The SMILES string of the molecule is C=C1CN(S(=O)(=O)c2ccc(C)cc2)[C@@H](CCCC)C(=C)C(=O)O1. The topological polar surface area (TPSA) is 63.7 Å². The van der Waals surface area contributed by atoms with Crippen LogP contribution in [0.4, 0.5) is 0 Å². The van der Waals surface area contributed by atoms with Crippen LogP contribution >= 0.6 is 0 Å². The van der Waals surface area contributed by atoms with Crippen molar-refractivity contribution in [3.05, 3.63) is 54.3 Å². The first-order valence-electron chi connectivity index (χ1n) is 7.94. The Balaban J connectivity index is 2.48. The number of aryl methyl sites for hydroxylation is 1. The number of cyclic esters (lactones) is 1. The fourth-order valence-corrected chi connectivity index (χ4v) is 4.27. The largest absolute Gasteiger partial charge is 0.427 e. The van der Waals surface area contributed by atoms with Crippen LogP contribution in [0.5, 0.6) is 0 Å². The number of hydrogen-bond acceptors (Lipinski definition) is 4. The maximum absolute atomic E-state index is 13.1. The van der Waals surface area contributed by atoms with E-state index in [9.17, 15) is 13.2 Å². The number of sulfonamides is 1. The van der Waals surface area contributed by atoms with Crippen LogP contribution in [-0.4, -0.2) is 31.3 Å². The lowest BCUT2D eigenvalue weighted by atomic mass is 10.0. The van der Waals surface area contributed by atoms with Gasteiger partial charge in [0, 0.05) is 5.57 Å². The lowest BCUT2D eigenvalue weighted by Gasteiger charge is -2.28. The molecule has 0 saturated carbocycles. The minimum Gasteiger partial charge on any atom is -0.427 e. The summed E-state index contributed by atoms with van der Waals surface area (Å²) in [6, 6.07) is 6.01. The second kappa shape index (κ2) is 7.32. The van der Waals surface area contributed by atoms with Gasteiger partial charge in [0.15, 0.2) is 0 Å². The number of esters is 1. The van der Waals surface area contributed by atoms with E-state index in [0.29, 0.717) is 6.42 Å². The molecule has 0 amide bonds. The van der Waals surface area contributed by atoms with Gasteiger partial charge >= 0.3 is 5.97 Å². The Bertz CT molecular complexity index is 750. The molecule has 24 heavy (non-hydrogen) atoms. The van der Waals surface area contributed by atoms with Crippen LogP contribution in [0.3, 0.4) is 0 Å². The van der Waals surface area contributed by atoms with Gasteiger partial charge in [-0.25, -0.2) is 13.2 Å². The normalized spacial score (nSPS) is 19.9. The van der Waals surface area contributed by atoms with Gasteiger partial charge in [-0.3, -0.25) is 0 Å². The lowest BCUT2D eigenvalue weighted by Crippen LogP contribution is -2.41. The third-order valence-corrected chi connectivity index (χ3v) is 5.91. The molecule has 0 radical (unpaired) electrons. The number of carbonyl (C=O) groups excluding carboxylic acids is 1. The lowest BCUT2D eigenvalue weighted by molar-refractivity contribution is -0.134. The van der Waals surface area contributed by atoms with Gasteiger partial charge in [0.2, 0.25) is 10.0 Å². The van der Waals surface area contributed by atoms with E-state index < -0.39 is 22.0 Å². The third kappa shape index (κ3) is 3.76. The van der Waals surface area contributed by atoms with Crippen molar-refractivity contribution in [3.63, 3.8) is 0 Å². The second-order valence-corrected chi connectivity index (χ2v) is 7.87. The number of rotatable bonds is 5. The molecular formula is C18H23NO4S. The summed E-state index contributed by atoms with van der Waals surface area (Å²) in [6.07, 6.45) is 2.18. The summed E-state index contributed by atoms with van der Waals surface area (Å²) in [7, 11) is -3.79. The number of unbranched alkanes of at least 4 members (excludes halogenated alkanes) is 1. The molecule has 5 nitrogen and oxygen atoms in total. The summed E-state index contributed by atoms with van der Waals surface area (Å²) in [6.45, 7) is 11.3. The predicted octanol–water partition coefficient (Wildman–Crippen LogP) is 3.17. The summed E-state index contributed by atoms with van der Waals surface area (Å²) in [5.41, 5.74) is 1.12. The van der Waals surface area contributed by atoms with Crippen LogP contribution < -0.4 is 0 Å². The Hall–Kier alpha value is -1.92. The first-order valence-corrected chi connectivity index (χ1v) is 9.38. The number of benzene rings is 1. The van der Waals surface area contributed by atoms with Crippen molar-refractivity contribution in [1.29, 1.82) is 0 Å². The molecule has 130 valence electrons. The van der Waals surface area contributed by atoms with E-state index in [4.69, 9.17) is 4.74 Å². The van der Waals surface area contributed by atoms with E-state index in [1.165, 1.54) is 4.31 Å². The van der Waals surface area contributed by atoms with Crippen molar-refractivity contribution in [2.45, 2.75) is 44.0 Å². The zero-order valence-electron chi connectivity index (χ0n) is 14.1. The summed E-state index contributed by atoms with van der Waals surface area (Å²) in [5, 5.41) is 0. The maximum atomic E-state index is 13.1. The molecule has 0 aliphatic carbocycles. The Kier molecular flexibility index (Phi) is 5.62. The van der Waals surface area contributed by atoms with Crippen molar-refractivity contribution in [2.75, 3.05) is 6.54 Å². The van der Waals surface area contributed by atoms with Crippen LogP contribution in [0.25, 0.3) is 0 Å². The minimum atomic E-state index is -3.79. The predicted molar refractivity (Wildman–Crippen MR) is 92.8 cm³/mol. The molecule has 1 aromatic rings. The van der Waals surface area contributed by atoms with Gasteiger partial charge in [-0.15, -0.1) is 0 Å². The first kappa shape index (κ1) is 18.4. The van der Waals surface area contributed by atoms with Crippen molar-refractivity contribution in [2.24, 2.45) is 0 Å². The van der Waals surface area contributed by atoms with Gasteiger partial charge in [0.1, 0.15) is 5.76 Å². The van der Waals surface area contributed by atoms with Crippen LogP contribution in [0, 0.1) is 6.92 Å². The fraction of sp³-hybridized carbons (Fsp3) is 0.389. The first-order chi connectivity index (χ1) is 11.3. The molecule has 1 aliphatic rings. The molecular weight excluding hydrogens is 326 g/mol. The smallest absolute Gasteiger partial charge is 0.340 e. The molecule has 0 aromatic heterocycles. The zero-order valence-corrected chi connectivity index (χ0v) is 14.9. The average Bonchev–Trinajstić information content (AvgIpc) is 2.63. The van der Waals surface area contributed by atoms with Crippen molar-refractivity contribution in [3.8, 4) is 0 Å². The van der Waals surface area contributed by atoms with Crippen LogP contribution in [0.15, 0.2) is 53.7 Å². The molecule has 1 heterocycles. The highest BCUT2D eigenvalue weighted by molar-refractivity contribution is 7.89. The van der Waals surface area contributed by atoms with Crippen LogP contribution in [-0.2, 0) is 19.6 Å². The molecule has 2 rings (SSSR count). The van der Waals surface area contributed by atoms with Crippen molar-refractivity contribution < 1.29 is 17.9 Å². The molecule has 6 heteroatoms. The highest BCUT2D eigenvalue weighted by Gasteiger charge is 2.38. The molecule has 0 spiro atoms. The van der Waals surface area contributed by atoms with Gasteiger partial charge < -0.3 is 4.74 Å². The van der Waals surface area contributed by atoms with Crippen molar-refractivity contribution >= 4 is 16.0 Å². The third-order valence-electron chi connectivity index (χ3n) is 4.04. The Morgan fingerprint density at radius 2 is 1.88 bits per heavy atom. The molecule has 1 atom stereocenters. The Labute approximate surface area is 143 Å². The second-order valence-electron chi connectivity index (χ2n) is 5.97. The van der Waals surface area contributed by atoms with Crippen molar-refractivity contribution in [1.82, 2.24) is 4.31 Å². The van der Waals surface area contributed by atoms with Gasteiger partial charge in [0.25, 0.3) is 0 Å². The highest BCUT2D eigenvalue weighted by atomic mass is 32.2. The number of hydrogen-bond donors (Lipinski definition) is 0. The zero-order chi connectivity index (χ0) is 17.9. The summed E-state index contributed by atoms with van der Waals surface area (Å²) >= 11 is 0. The van der Waals surface area contributed by atoms with Gasteiger partial charge in [-0.05, 0) is 25.5 Å². The maximum Gasteiger partial charge on any atom is 0.340 e. The average molecular weight is 349 g/mol. The van der Waals surface area contributed by atoms with Gasteiger partial charge in [-0.2, -0.15) is 4.31 Å². The van der Waals surface area contributed by atoms with E-state index in [2.05, 4.69) is 13.2 Å². The Morgan fingerprint density at radius 3 is 2.46 bits per heavy atom. The highest BCUT2D eigenvalue weighted by Crippen LogP contribution is 2.29. The number of ether oxygens (including phenoxy) is 1. The summed E-state index contributed by atoms with van der Waals surface area (Å²) in [4.78, 5) is 12.2. The molecule has 0 bridgehead atoms. The summed E-state index contributed by atoms with van der Waals surface area (Å²) in [5.74, 6) is -0.501. The van der Waals surface area contributed by atoms with E-state index in [1.54, 1.807) is 24.3 Å². The molecule has 1 fully saturated rings. The monoisotopic (exact) mass is 349 g/mol. The van der Waals surface area contributed by atoms with Crippen LogP contribution in [0.2, 0.25) is 0 Å². The van der Waals surface area contributed by atoms with E-state index >= 15 is 0 Å². The summed E-state index contributed by atoms with van der Waals surface area (Å²) < 4.78 is 32.6. The standard InChI is InChI=1S/C18H23NO4S/c1-5-6-7-17-15(4)18(20)23-14(3)12-19(17)24(21,22)16-10-8-13(2)9-11-16/h8-11,17H,3-7,12H2,1-2H3/t17-/m0/s1. The Morgan fingerprint density at radius 1 is 1.25 bits per heavy atom. The molecule has 0 unspecified atom stereocenters. The fourth-order valence-electron chi connectivity index (χ4n) is 2.64. The minimum absolute atomic E-state index is 0.0602. The molecule has 1 aromatic carbocycles. The quantitative estimate of drug-likeness (QED) is 0.605. The van der Waals surface area contributed by atoms with E-state index in [0.717, 1.165) is 18.4 Å².